The highest BCUT2D eigenvalue weighted by Crippen LogP contribution is 2.34. The van der Waals surface area contributed by atoms with Crippen molar-refractivity contribution < 1.29 is 7.38 Å². The maximum Gasteiger partial charge on any atom is 0.251 e. The third-order valence-corrected chi connectivity index (χ3v) is 6.20. The van der Waals surface area contributed by atoms with Crippen molar-refractivity contribution in [3.8, 4) is 34.0 Å². The number of benzene rings is 1. The lowest BCUT2D eigenvalue weighted by Gasteiger charge is -2.10. The van der Waals surface area contributed by atoms with Crippen LogP contribution in [0.4, 0.5) is 5.82 Å². The Kier molecular flexibility index (Phi) is 5.75. The van der Waals surface area contributed by atoms with Crippen LogP contribution in [0.3, 0.4) is 0 Å². The number of nitrogens with one attached hydrogen (secondary N) is 2. The van der Waals surface area contributed by atoms with E-state index in [9.17, 15) is 4.79 Å². The zero-order chi connectivity index (χ0) is 22.8. The van der Waals surface area contributed by atoms with Gasteiger partial charge in [0.15, 0.2) is 17.3 Å². The summed E-state index contributed by atoms with van der Waals surface area (Å²) in [5.74, 6) is 0.995. The zero-order valence-electron chi connectivity index (χ0n) is 18.5. The zero-order valence-corrected chi connectivity index (χ0v) is 18.5. The van der Waals surface area contributed by atoms with E-state index in [1.54, 1.807) is 12.4 Å². The van der Waals surface area contributed by atoms with Gasteiger partial charge in [-0.3, -0.25) is 4.79 Å². The molecule has 1 saturated carbocycles. The lowest BCUT2D eigenvalue weighted by Crippen LogP contribution is -2.14. The van der Waals surface area contributed by atoms with Crippen LogP contribution in [0.2, 0.25) is 0 Å². The van der Waals surface area contributed by atoms with Crippen molar-refractivity contribution in [3.63, 3.8) is 0 Å². The predicted molar refractivity (Wildman–Crippen MR) is 132 cm³/mol. The second-order valence-corrected chi connectivity index (χ2v) is 8.45. The molecule has 0 amide bonds. The number of pyridine rings is 1. The Morgan fingerprint density at radius 2 is 1.94 bits per heavy atom. The summed E-state index contributed by atoms with van der Waals surface area (Å²) in [6.45, 7) is 0.802. The number of anilines is 1. The minimum Gasteiger partial charge on any atom is -0.382 e. The van der Waals surface area contributed by atoms with Crippen molar-refractivity contribution in [3.05, 3.63) is 70.3 Å². The van der Waals surface area contributed by atoms with Crippen LogP contribution in [0.15, 0.2) is 58.1 Å². The summed E-state index contributed by atoms with van der Waals surface area (Å²) in [5, 5.41) is 7.33. The largest absolute Gasteiger partial charge is 0.382 e. The Morgan fingerprint density at radius 3 is 2.70 bits per heavy atom. The van der Waals surface area contributed by atoms with E-state index in [0.717, 1.165) is 48.9 Å². The van der Waals surface area contributed by atoms with E-state index in [0.29, 0.717) is 28.8 Å². The minimum atomic E-state index is -0.0325. The van der Waals surface area contributed by atoms with Crippen LogP contribution in [0.1, 0.15) is 45.6 Å². The smallest absolute Gasteiger partial charge is 0.251 e. The fourth-order valence-corrected chi connectivity index (χ4v) is 4.43. The van der Waals surface area contributed by atoms with E-state index >= 15 is 0 Å². The molecular formula is C25H30N6O2. The molecule has 8 heteroatoms. The summed E-state index contributed by atoms with van der Waals surface area (Å²) in [6.07, 6.45) is 7.69. The molecule has 1 aliphatic rings. The molecule has 0 spiro atoms. The second-order valence-electron chi connectivity index (χ2n) is 8.45. The van der Waals surface area contributed by atoms with Gasteiger partial charge in [-0.1, -0.05) is 42.3 Å². The van der Waals surface area contributed by atoms with E-state index in [-0.39, 0.29) is 14.2 Å². The number of nitrogen functional groups attached to an aromatic ring is 1. The van der Waals surface area contributed by atoms with Gasteiger partial charge in [0.25, 0.3) is 5.56 Å². The first-order valence-corrected chi connectivity index (χ1v) is 11.2. The molecule has 0 aliphatic heterocycles. The highest BCUT2D eigenvalue weighted by atomic mass is 16.5. The molecule has 0 unspecified atom stereocenters. The highest BCUT2D eigenvalue weighted by Gasteiger charge is 2.21. The van der Waals surface area contributed by atoms with Crippen molar-refractivity contribution >= 4 is 5.82 Å². The Balaban J connectivity index is 0.00000171. The van der Waals surface area contributed by atoms with Crippen LogP contribution >= 0.6 is 0 Å². The van der Waals surface area contributed by atoms with Gasteiger partial charge in [0.05, 0.1) is 11.9 Å². The van der Waals surface area contributed by atoms with Gasteiger partial charge in [-0.25, -0.2) is 9.97 Å². The van der Waals surface area contributed by atoms with Crippen LogP contribution in [-0.2, 0) is 6.54 Å². The van der Waals surface area contributed by atoms with Crippen molar-refractivity contribution in [2.75, 3.05) is 12.8 Å². The van der Waals surface area contributed by atoms with E-state index in [2.05, 4.69) is 20.4 Å². The number of hydrogen-bond donors (Lipinski definition) is 3. The van der Waals surface area contributed by atoms with Crippen molar-refractivity contribution in [2.45, 2.75) is 38.1 Å². The van der Waals surface area contributed by atoms with Gasteiger partial charge < -0.3 is 20.6 Å². The molecule has 1 aromatic carbocycles. The van der Waals surface area contributed by atoms with Gasteiger partial charge in [-0.2, -0.15) is 0 Å². The number of aromatic amines is 1. The Labute approximate surface area is 194 Å². The SMILES string of the molecule is CNCc1ccc(-c2cc(-c3nc(-c4c[nH]c(=O)c(C5CCCC5)c4)cnc3N)on2)cc1.[HH].[HH]. The predicted octanol–water partition coefficient (Wildman–Crippen LogP) is 4.61. The number of hydrogen-bond acceptors (Lipinski definition) is 7. The third-order valence-electron chi connectivity index (χ3n) is 6.20. The van der Waals surface area contributed by atoms with Crippen LogP contribution in [-0.4, -0.2) is 27.2 Å². The first kappa shape index (κ1) is 21.1. The third kappa shape index (κ3) is 4.29. The second kappa shape index (κ2) is 8.99. The number of nitrogens with zero attached hydrogens (tertiary/aromatic N) is 3. The van der Waals surface area contributed by atoms with Crippen molar-refractivity contribution in [1.82, 2.24) is 25.4 Å². The topological polar surface area (TPSA) is 123 Å². The summed E-state index contributed by atoms with van der Waals surface area (Å²) >= 11 is 0. The summed E-state index contributed by atoms with van der Waals surface area (Å²) in [5.41, 5.74) is 11.6. The summed E-state index contributed by atoms with van der Waals surface area (Å²) in [7, 11) is 1.92. The van der Waals surface area contributed by atoms with E-state index in [1.165, 1.54) is 5.56 Å². The van der Waals surface area contributed by atoms with Gasteiger partial charge in [-0.05, 0) is 37.4 Å². The monoisotopic (exact) mass is 446 g/mol. The Bertz CT molecular complexity index is 1330. The van der Waals surface area contributed by atoms with Gasteiger partial charge in [0, 0.05) is 38.4 Å². The molecular weight excluding hydrogens is 416 g/mol. The molecule has 3 aromatic heterocycles. The van der Waals surface area contributed by atoms with Crippen LogP contribution in [0.25, 0.3) is 34.0 Å². The minimum absolute atomic E-state index is 0. The van der Waals surface area contributed by atoms with Crippen LogP contribution in [0, 0.1) is 0 Å². The average molecular weight is 447 g/mol. The molecule has 3 heterocycles. The molecule has 0 bridgehead atoms. The van der Waals surface area contributed by atoms with Gasteiger partial charge in [0.2, 0.25) is 0 Å². The maximum atomic E-state index is 12.4. The number of H-pyrrole nitrogens is 1. The molecule has 5 rings (SSSR count). The normalized spacial score (nSPS) is 14.1. The molecule has 0 saturated heterocycles. The highest BCUT2D eigenvalue weighted by molar-refractivity contribution is 5.73. The van der Waals surface area contributed by atoms with Gasteiger partial charge >= 0.3 is 0 Å². The van der Waals surface area contributed by atoms with Crippen LogP contribution in [0.5, 0.6) is 0 Å². The fourth-order valence-electron chi connectivity index (χ4n) is 4.43. The van der Waals surface area contributed by atoms with E-state index in [1.807, 2.05) is 43.4 Å². The van der Waals surface area contributed by atoms with Crippen LogP contribution < -0.4 is 16.6 Å². The quantitative estimate of drug-likeness (QED) is 0.395. The molecule has 4 N–H and O–H groups in total. The van der Waals surface area contributed by atoms with Crippen molar-refractivity contribution in [2.24, 2.45) is 0 Å². The van der Waals surface area contributed by atoms with E-state index in [4.69, 9.17) is 15.2 Å². The summed E-state index contributed by atoms with van der Waals surface area (Å²) in [6, 6.07) is 11.8. The molecule has 8 nitrogen and oxygen atoms in total. The number of nitrogens with two attached hydrogens (primary N) is 1. The van der Waals surface area contributed by atoms with Gasteiger partial charge in [0.1, 0.15) is 5.69 Å². The molecule has 172 valence electrons. The Hall–Kier alpha value is -3.78. The summed E-state index contributed by atoms with van der Waals surface area (Å²) < 4.78 is 5.58. The first-order chi connectivity index (χ1) is 16.1. The molecule has 1 fully saturated rings. The lowest BCUT2D eigenvalue weighted by atomic mass is 9.97. The number of rotatable bonds is 6. The lowest BCUT2D eigenvalue weighted by molar-refractivity contribution is 0.434. The standard InChI is InChI=1S/C25H26N6O2.2H2/c1-27-12-15-6-8-17(9-7-15)20-11-22(33-31-20)23-24(26)28-14-21(30-23)18-10-19(25(32)29-13-18)16-4-2-3-5-16;;/h6-11,13-14,16,27H,2-5,12H2,1H3,(H2,26,28)(H,29,32);2*1H. The first-order valence-electron chi connectivity index (χ1n) is 11.2. The molecule has 1 aliphatic carbocycles. The molecule has 0 radical (unpaired) electrons. The molecule has 4 aromatic rings. The van der Waals surface area contributed by atoms with Gasteiger partial charge in [-0.15, -0.1) is 0 Å². The molecule has 33 heavy (non-hydrogen) atoms. The van der Waals surface area contributed by atoms with Crippen molar-refractivity contribution in [1.29, 1.82) is 0 Å². The Morgan fingerprint density at radius 1 is 1.15 bits per heavy atom. The average Bonchev–Trinajstić information content (AvgIpc) is 3.53. The molecule has 0 atom stereocenters. The fraction of sp³-hybridized carbons (Fsp3) is 0.280. The maximum absolute atomic E-state index is 12.4. The van der Waals surface area contributed by atoms with E-state index < -0.39 is 0 Å². The number of aromatic nitrogens is 4. The summed E-state index contributed by atoms with van der Waals surface area (Å²) in [4.78, 5) is 24.3.